The summed E-state index contributed by atoms with van der Waals surface area (Å²) in [5.74, 6) is -1.05. The number of aliphatic hydroxyl groups excluding tert-OH is 1. The minimum absolute atomic E-state index is 0.0397. The van der Waals surface area contributed by atoms with E-state index in [0.717, 1.165) is 18.7 Å². The molecular weight excluding hydrogens is 460 g/mol. The zero-order chi connectivity index (χ0) is 25.4. The second-order valence-corrected chi connectivity index (χ2v) is 9.12. The van der Waals surface area contributed by atoms with Crippen molar-refractivity contribution in [2.24, 2.45) is 0 Å². The number of para-hydroxylation sites is 1. The molecule has 1 N–H and O–H groups in total. The number of rotatable bonds is 6. The van der Waals surface area contributed by atoms with Crippen LogP contribution in [0.4, 0.5) is 0 Å². The van der Waals surface area contributed by atoms with Crippen molar-refractivity contribution in [1.29, 1.82) is 0 Å². The van der Waals surface area contributed by atoms with Gasteiger partial charge < -0.3 is 19.5 Å². The van der Waals surface area contributed by atoms with Crippen LogP contribution >= 0.6 is 0 Å². The van der Waals surface area contributed by atoms with Gasteiger partial charge in [0.05, 0.1) is 37.6 Å². The molecule has 0 saturated carbocycles. The highest BCUT2D eigenvalue weighted by molar-refractivity contribution is 6.46. The van der Waals surface area contributed by atoms with Gasteiger partial charge in [-0.2, -0.15) is 0 Å². The van der Waals surface area contributed by atoms with E-state index in [1.165, 1.54) is 0 Å². The molecule has 3 aromatic rings. The van der Waals surface area contributed by atoms with Crippen LogP contribution in [0.5, 0.6) is 5.75 Å². The van der Waals surface area contributed by atoms with Crippen LogP contribution in [0, 0.1) is 13.8 Å². The van der Waals surface area contributed by atoms with Crippen LogP contribution < -0.4 is 4.74 Å². The number of nitrogens with zero attached hydrogens (tertiary/aromatic N) is 4. The molecule has 1 aromatic carbocycles. The van der Waals surface area contributed by atoms with Gasteiger partial charge >= 0.3 is 0 Å². The smallest absolute Gasteiger partial charge is 0.295 e. The Hall–Kier alpha value is -3.69. The molecule has 0 spiro atoms. The summed E-state index contributed by atoms with van der Waals surface area (Å²) in [5, 5.41) is 11.6. The van der Waals surface area contributed by atoms with Gasteiger partial charge in [0, 0.05) is 37.9 Å². The summed E-state index contributed by atoms with van der Waals surface area (Å²) in [6.45, 7) is 7.46. The molecule has 9 nitrogen and oxygen atoms in total. The molecular formula is C27H30N4O5. The van der Waals surface area contributed by atoms with E-state index in [1.807, 2.05) is 37.3 Å². The van der Waals surface area contributed by atoms with Gasteiger partial charge in [0.15, 0.2) is 5.76 Å². The molecule has 0 unspecified atom stereocenters. The van der Waals surface area contributed by atoms with Crippen LogP contribution in [0.1, 0.15) is 28.6 Å². The number of carbonyl (C=O) groups is 2. The van der Waals surface area contributed by atoms with Crippen molar-refractivity contribution in [2.45, 2.75) is 19.9 Å². The average Bonchev–Trinajstić information content (AvgIpc) is 3.37. The Morgan fingerprint density at radius 1 is 1.11 bits per heavy atom. The number of amides is 1. The highest BCUT2D eigenvalue weighted by atomic mass is 16.5. The van der Waals surface area contributed by atoms with Gasteiger partial charge in [0.2, 0.25) is 0 Å². The number of hydrogen-bond acceptors (Lipinski definition) is 7. The van der Waals surface area contributed by atoms with E-state index in [9.17, 15) is 14.7 Å². The van der Waals surface area contributed by atoms with Gasteiger partial charge in [-0.15, -0.1) is 0 Å². The quantitative estimate of drug-likeness (QED) is 0.322. The van der Waals surface area contributed by atoms with Crippen molar-refractivity contribution < 1.29 is 24.2 Å². The first-order chi connectivity index (χ1) is 17.4. The van der Waals surface area contributed by atoms with Crippen LogP contribution in [0.3, 0.4) is 0 Å². The van der Waals surface area contributed by atoms with E-state index in [2.05, 4.69) is 9.88 Å². The molecule has 2 fully saturated rings. The lowest BCUT2D eigenvalue weighted by atomic mass is 9.95. The number of likely N-dealkylation sites (tertiary alicyclic amines) is 1. The van der Waals surface area contributed by atoms with Crippen molar-refractivity contribution in [3.05, 3.63) is 70.7 Å². The number of Topliss-reactive ketones (excluding diaryl/α,β-unsaturated/α-hetero) is 1. The van der Waals surface area contributed by atoms with Gasteiger partial charge in [-0.1, -0.05) is 24.3 Å². The fourth-order valence-electron chi connectivity index (χ4n) is 5.13. The zero-order valence-corrected chi connectivity index (χ0v) is 20.7. The van der Waals surface area contributed by atoms with Gasteiger partial charge in [0.25, 0.3) is 11.7 Å². The number of imidazole rings is 1. The number of carbonyl (C=O) groups excluding carboxylic acids is 2. The SMILES string of the molecule is COc1ccccc1[C@@H]1/C(=C(\O)c2c(C)nc3c(C)cccn23)C(=O)C(=O)N1CCN1CCOCC1. The summed E-state index contributed by atoms with van der Waals surface area (Å²) < 4.78 is 12.8. The fraction of sp³-hybridized carbons (Fsp3) is 0.370. The highest BCUT2D eigenvalue weighted by Crippen LogP contribution is 2.43. The minimum atomic E-state index is -0.794. The maximum Gasteiger partial charge on any atom is 0.295 e. The molecule has 2 saturated heterocycles. The van der Waals surface area contributed by atoms with Crippen molar-refractivity contribution >= 4 is 23.1 Å². The normalized spacial score (nSPS) is 20.4. The number of pyridine rings is 1. The summed E-state index contributed by atoms with van der Waals surface area (Å²) in [4.78, 5) is 35.2. The lowest BCUT2D eigenvalue weighted by molar-refractivity contribution is -0.140. The third kappa shape index (κ3) is 4.04. The molecule has 0 bridgehead atoms. The monoisotopic (exact) mass is 490 g/mol. The molecule has 2 aliphatic heterocycles. The molecule has 1 amide bonds. The number of ketones is 1. The van der Waals surface area contributed by atoms with E-state index in [1.54, 1.807) is 35.6 Å². The predicted octanol–water partition coefficient (Wildman–Crippen LogP) is 2.71. The highest BCUT2D eigenvalue weighted by Gasteiger charge is 2.47. The molecule has 5 rings (SSSR count). The number of aryl methyl sites for hydroxylation is 2. The fourth-order valence-corrected chi connectivity index (χ4v) is 5.13. The lowest BCUT2D eigenvalue weighted by Gasteiger charge is -2.31. The molecule has 2 aromatic heterocycles. The second-order valence-electron chi connectivity index (χ2n) is 9.12. The van der Waals surface area contributed by atoms with E-state index in [-0.39, 0.29) is 11.3 Å². The topological polar surface area (TPSA) is 96.6 Å². The standard InChI is InChI=1S/C27H30N4O5/c1-17-7-6-10-30-22(18(2)28-26(17)30)24(32)21-23(19-8-4-5-9-20(19)35-3)31(27(34)25(21)33)12-11-29-13-15-36-16-14-29/h4-10,23,32H,11-16H2,1-3H3/b24-21+/t23-/m1/s1. The van der Waals surface area contributed by atoms with Gasteiger partial charge in [-0.05, 0) is 31.5 Å². The Bertz CT molecular complexity index is 1360. The van der Waals surface area contributed by atoms with E-state index >= 15 is 0 Å². The molecule has 4 heterocycles. The minimum Gasteiger partial charge on any atom is -0.505 e. The van der Waals surface area contributed by atoms with Crippen molar-refractivity contribution in [3.8, 4) is 5.75 Å². The summed E-state index contributed by atoms with van der Waals surface area (Å²) in [6.07, 6.45) is 1.80. The molecule has 0 radical (unpaired) electrons. The number of ether oxygens (including phenoxy) is 2. The van der Waals surface area contributed by atoms with Gasteiger partial charge in [0.1, 0.15) is 17.1 Å². The summed E-state index contributed by atoms with van der Waals surface area (Å²) in [5.41, 5.74) is 3.28. The lowest BCUT2D eigenvalue weighted by Crippen LogP contribution is -2.42. The molecule has 1 atom stereocenters. The molecule has 2 aliphatic rings. The maximum absolute atomic E-state index is 13.5. The number of fused-ring (bicyclic) bond motifs is 1. The first-order valence-electron chi connectivity index (χ1n) is 12.1. The Morgan fingerprint density at radius 3 is 2.61 bits per heavy atom. The van der Waals surface area contributed by atoms with Crippen LogP contribution in [-0.4, -0.2) is 82.5 Å². The van der Waals surface area contributed by atoms with Gasteiger partial charge in [-0.3, -0.25) is 18.9 Å². The molecule has 0 aliphatic carbocycles. The van der Waals surface area contributed by atoms with Crippen LogP contribution in [0.25, 0.3) is 11.4 Å². The van der Waals surface area contributed by atoms with Gasteiger partial charge in [-0.25, -0.2) is 4.98 Å². The number of benzene rings is 1. The van der Waals surface area contributed by atoms with Crippen LogP contribution in [-0.2, 0) is 14.3 Å². The number of methoxy groups -OCH3 is 1. The number of morpholine rings is 1. The average molecular weight is 491 g/mol. The Morgan fingerprint density at radius 2 is 1.86 bits per heavy atom. The predicted molar refractivity (Wildman–Crippen MR) is 134 cm³/mol. The number of aliphatic hydroxyl groups is 1. The molecule has 188 valence electrons. The first-order valence-corrected chi connectivity index (χ1v) is 12.1. The Balaban J connectivity index is 1.65. The zero-order valence-electron chi connectivity index (χ0n) is 20.7. The third-order valence-electron chi connectivity index (χ3n) is 6.98. The first kappa shape index (κ1) is 24.0. The Labute approximate surface area is 209 Å². The van der Waals surface area contributed by atoms with E-state index < -0.39 is 17.7 Å². The number of hydrogen-bond donors (Lipinski definition) is 1. The summed E-state index contributed by atoms with van der Waals surface area (Å²) >= 11 is 0. The van der Waals surface area contributed by atoms with Crippen molar-refractivity contribution in [1.82, 2.24) is 19.2 Å². The van der Waals surface area contributed by atoms with Crippen molar-refractivity contribution in [2.75, 3.05) is 46.5 Å². The van der Waals surface area contributed by atoms with Crippen LogP contribution in [0.15, 0.2) is 48.2 Å². The molecule has 9 heteroatoms. The summed E-state index contributed by atoms with van der Waals surface area (Å²) in [6, 6.07) is 10.3. The Kier molecular flexibility index (Phi) is 6.51. The maximum atomic E-state index is 13.5. The van der Waals surface area contributed by atoms with E-state index in [0.29, 0.717) is 54.7 Å². The van der Waals surface area contributed by atoms with Crippen LogP contribution in [0.2, 0.25) is 0 Å². The third-order valence-corrected chi connectivity index (χ3v) is 6.98. The largest absolute Gasteiger partial charge is 0.505 e. The van der Waals surface area contributed by atoms with Crippen molar-refractivity contribution in [3.63, 3.8) is 0 Å². The van der Waals surface area contributed by atoms with E-state index in [4.69, 9.17) is 9.47 Å². The molecule has 36 heavy (non-hydrogen) atoms. The second kappa shape index (κ2) is 9.75. The summed E-state index contributed by atoms with van der Waals surface area (Å²) in [7, 11) is 1.55. The number of aromatic nitrogens is 2.